The second-order valence-electron chi connectivity index (χ2n) is 5.87. The highest BCUT2D eigenvalue weighted by molar-refractivity contribution is 5.34. The lowest BCUT2D eigenvalue weighted by Crippen LogP contribution is -2.47. The van der Waals surface area contributed by atoms with Gasteiger partial charge in [0, 0.05) is 0 Å². The monoisotopic (exact) mass is 330 g/mol. The molecule has 24 heavy (non-hydrogen) atoms. The van der Waals surface area contributed by atoms with E-state index in [-0.39, 0.29) is 0 Å². The highest BCUT2D eigenvalue weighted by Gasteiger charge is 2.33. The summed E-state index contributed by atoms with van der Waals surface area (Å²) in [5.74, 6) is 1.45. The van der Waals surface area contributed by atoms with Gasteiger partial charge in [0.05, 0.1) is 19.8 Å². The van der Waals surface area contributed by atoms with Gasteiger partial charge in [-0.05, 0) is 48.2 Å². The van der Waals surface area contributed by atoms with Crippen LogP contribution in [0.15, 0.2) is 48.5 Å². The van der Waals surface area contributed by atoms with Crippen molar-refractivity contribution < 1.29 is 24.4 Å². The Morgan fingerprint density at radius 3 is 2.12 bits per heavy atom. The molecule has 3 atom stereocenters. The van der Waals surface area contributed by atoms with Crippen LogP contribution in [0.3, 0.4) is 0 Å². The summed E-state index contributed by atoms with van der Waals surface area (Å²) in [4.78, 5) is 0. The molecule has 2 N–H and O–H groups in total. The lowest BCUT2D eigenvalue weighted by molar-refractivity contribution is -0.207. The number of hydrogen-bond acceptors (Lipinski definition) is 5. The van der Waals surface area contributed by atoms with Gasteiger partial charge in [0.1, 0.15) is 17.6 Å². The highest BCUT2D eigenvalue weighted by Crippen LogP contribution is 2.22. The first-order valence-corrected chi connectivity index (χ1v) is 8.02. The predicted octanol–water partition coefficient (Wildman–Crippen LogP) is 2.13. The highest BCUT2D eigenvalue weighted by atomic mass is 16.7. The smallest absolute Gasteiger partial charge is 0.228 e. The summed E-state index contributed by atoms with van der Waals surface area (Å²) in [6.07, 6.45) is -1.44. The maximum atomic E-state index is 9.88. The zero-order valence-corrected chi connectivity index (χ0v) is 13.6. The molecule has 2 aromatic rings. The minimum absolute atomic E-state index is 0.373. The summed E-state index contributed by atoms with van der Waals surface area (Å²) in [6, 6.07) is 15.6. The fourth-order valence-electron chi connectivity index (χ4n) is 2.66. The van der Waals surface area contributed by atoms with Crippen LogP contribution in [0, 0.1) is 0 Å². The van der Waals surface area contributed by atoms with Gasteiger partial charge in [-0.25, -0.2) is 0 Å². The van der Waals surface area contributed by atoms with Crippen LogP contribution in [0.25, 0.3) is 0 Å². The predicted molar refractivity (Wildman–Crippen MR) is 89.2 cm³/mol. The molecule has 1 fully saturated rings. The molecule has 5 nitrogen and oxygen atoms in total. The van der Waals surface area contributed by atoms with Crippen LogP contribution in [0.2, 0.25) is 0 Å². The lowest BCUT2D eigenvalue weighted by Gasteiger charge is -2.31. The maximum Gasteiger partial charge on any atom is 0.228 e. The molecule has 0 saturated carbocycles. The Hall–Kier alpha value is -2.08. The number of rotatable bonds is 5. The number of methoxy groups -OCH3 is 1. The molecule has 1 aliphatic rings. The fraction of sp³-hybridized carbons (Fsp3) is 0.368. The second-order valence-corrected chi connectivity index (χ2v) is 5.87. The summed E-state index contributed by atoms with van der Waals surface area (Å²) in [6.45, 7) is 0.373. The van der Waals surface area contributed by atoms with Crippen molar-refractivity contribution in [2.75, 3.05) is 13.7 Å². The molecular weight excluding hydrogens is 308 g/mol. The van der Waals surface area contributed by atoms with Gasteiger partial charge in [0.15, 0.2) is 0 Å². The van der Waals surface area contributed by atoms with Crippen LogP contribution in [-0.4, -0.2) is 42.4 Å². The largest absolute Gasteiger partial charge is 0.497 e. The van der Waals surface area contributed by atoms with Crippen LogP contribution in [0.5, 0.6) is 11.5 Å². The third-order valence-electron chi connectivity index (χ3n) is 4.11. The molecule has 3 rings (SSSR count). The fourth-order valence-corrected chi connectivity index (χ4v) is 2.66. The zero-order valence-electron chi connectivity index (χ0n) is 13.6. The van der Waals surface area contributed by atoms with E-state index in [1.807, 2.05) is 48.5 Å². The molecule has 0 spiro atoms. The van der Waals surface area contributed by atoms with Crippen molar-refractivity contribution in [1.29, 1.82) is 0 Å². The van der Waals surface area contributed by atoms with Gasteiger partial charge in [-0.3, -0.25) is 0 Å². The quantitative estimate of drug-likeness (QED) is 0.879. The van der Waals surface area contributed by atoms with Crippen LogP contribution < -0.4 is 9.47 Å². The van der Waals surface area contributed by atoms with Crippen LogP contribution in [0.4, 0.5) is 0 Å². The van der Waals surface area contributed by atoms with Gasteiger partial charge in [0.2, 0.25) is 6.29 Å². The Balaban J connectivity index is 1.60. The minimum atomic E-state index is -1.03. The van der Waals surface area contributed by atoms with Gasteiger partial charge >= 0.3 is 0 Å². The van der Waals surface area contributed by atoms with Crippen molar-refractivity contribution in [1.82, 2.24) is 0 Å². The molecule has 0 bridgehead atoms. The van der Waals surface area contributed by atoms with Gasteiger partial charge in [0.25, 0.3) is 0 Å². The van der Waals surface area contributed by atoms with Crippen LogP contribution in [-0.2, 0) is 11.2 Å². The molecule has 0 amide bonds. The SMILES string of the molecule is COc1ccc(Cc2ccc(OC3OCCC(O)C3O)cc2)cc1. The number of benzene rings is 2. The van der Waals surface area contributed by atoms with Crippen molar-refractivity contribution in [2.24, 2.45) is 0 Å². The number of hydrogen-bond donors (Lipinski definition) is 2. The average molecular weight is 330 g/mol. The number of ether oxygens (including phenoxy) is 3. The molecule has 0 aromatic heterocycles. The van der Waals surface area contributed by atoms with E-state index in [1.165, 1.54) is 5.56 Å². The van der Waals surface area contributed by atoms with E-state index in [0.717, 1.165) is 17.7 Å². The molecule has 1 saturated heterocycles. The van der Waals surface area contributed by atoms with Gasteiger partial charge in [-0.15, -0.1) is 0 Å². The Bertz CT molecular complexity index is 638. The van der Waals surface area contributed by atoms with Crippen molar-refractivity contribution in [3.63, 3.8) is 0 Å². The van der Waals surface area contributed by atoms with Gasteiger partial charge in [-0.2, -0.15) is 0 Å². The summed E-state index contributed by atoms with van der Waals surface area (Å²) in [5, 5.41) is 19.5. The van der Waals surface area contributed by atoms with Crippen molar-refractivity contribution in [3.8, 4) is 11.5 Å². The molecule has 2 aromatic carbocycles. The number of aliphatic hydroxyl groups is 2. The van der Waals surface area contributed by atoms with Crippen molar-refractivity contribution in [3.05, 3.63) is 59.7 Å². The normalized spacial score (nSPS) is 23.7. The maximum absolute atomic E-state index is 9.88. The topological polar surface area (TPSA) is 68.2 Å². The first-order valence-electron chi connectivity index (χ1n) is 8.02. The van der Waals surface area contributed by atoms with Crippen LogP contribution in [0.1, 0.15) is 17.5 Å². The Kier molecular flexibility index (Phi) is 5.35. The molecule has 1 aliphatic heterocycles. The zero-order chi connectivity index (χ0) is 16.9. The lowest BCUT2D eigenvalue weighted by atomic mass is 10.0. The van der Waals surface area contributed by atoms with E-state index >= 15 is 0 Å². The van der Waals surface area contributed by atoms with Gasteiger partial charge in [-0.1, -0.05) is 24.3 Å². The summed E-state index contributed by atoms with van der Waals surface area (Å²) < 4.78 is 16.1. The summed E-state index contributed by atoms with van der Waals surface area (Å²) >= 11 is 0. The van der Waals surface area contributed by atoms with E-state index in [1.54, 1.807) is 7.11 Å². The molecular formula is C19H22O5. The average Bonchev–Trinajstić information content (AvgIpc) is 2.61. The third-order valence-corrected chi connectivity index (χ3v) is 4.11. The minimum Gasteiger partial charge on any atom is -0.497 e. The third kappa shape index (κ3) is 4.06. The Morgan fingerprint density at radius 1 is 0.958 bits per heavy atom. The Labute approximate surface area is 141 Å². The van der Waals surface area contributed by atoms with Crippen molar-refractivity contribution >= 4 is 0 Å². The van der Waals surface area contributed by atoms with E-state index < -0.39 is 18.5 Å². The summed E-state index contributed by atoms with van der Waals surface area (Å²) in [7, 11) is 1.65. The molecule has 1 heterocycles. The number of aliphatic hydroxyl groups excluding tert-OH is 2. The van der Waals surface area contributed by atoms with E-state index in [0.29, 0.717) is 18.8 Å². The van der Waals surface area contributed by atoms with E-state index in [9.17, 15) is 10.2 Å². The van der Waals surface area contributed by atoms with Crippen molar-refractivity contribution in [2.45, 2.75) is 31.3 Å². The standard InChI is InChI=1S/C19H22O5/c1-22-15-6-2-13(3-7-15)12-14-4-8-16(9-5-14)24-19-18(21)17(20)10-11-23-19/h2-9,17-21H,10-12H2,1H3. The first kappa shape index (κ1) is 16.8. The molecule has 0 aliphatic carbocycles. The molecule has 128 valence electrons. The van der Waals surface area contributed by atoms with Gasteiger partial charge < -0.3 is 24.4 Å². The van der Waals surface area contributed by atoms with E-state index in [4.69, 9.17) is 14.2 Å². The Morgan fingerprint density at radius 2 is 1.54 bits per heavy atom. The molecule has 5 heteroatoms. The van der Waals surface area contributed by atoms with Crippen LogP contribution >= 0.6 is 0 Å². The molecule has 3 unspecified atom stereocenters. The molecule has 0 radical (unpaired) electrons. The second kappa shape index (κ2) is 7.66. The first-order chi connectivity index (χ1) is 11.7. The summed E-state index contributed by atoms with van der Waals surface area (Å²) in [5.41, 5.74) is 2.34. The van der Waals surface area contributed by atoms with E-state index in [2.05, 4.69) is 0 Å².